The van der Waals surface area contributed by atoms with Crippen LogP contribution in [0.2, 0.25) is 10.0 Å². The number of carbonyl (C=O) groups excluding carboxylic acids is 1. The molecule has 8 heteroatoms. The van der Waals surface area contributed by atoms with E-state index in [1.807, 2.05) is 24.3 Å². The van der Waals surface area contributed by atoms with Crippen molar-refractivity contribution in [3.63, 3.8) is 0 Å². The van der Waals surface area contributed by atoms with Gasteiger partial charge in [-0.2, -0.15) is 5.10 Å². The Kier molecular flexibility index (Phi) is 5.73. The van der Waals surface area contributed by atoms with Crippen molar-refractivity contribution in [3.8, 4) is 0 Å². The van der Waals surface area contributed by atoms with Gasteiger partial charge in [-0.25, -0.2) is 10.4 Å². The average Bonchev–Trinajstić information content (AvgIpc) is 3.00. The van der Waals surface area contributed by atoms with Gasteiger partial charge in [0.2, 0.25) is 0 Å². The molecule has 4 nitrogen and oxygen atoms in total. The summed E-state index contributed by atoms with van der Waals surface area (Å²) >= 11 is 14.9. The van der Waals surface area contributed by atoms with Crippen LogP contribution in [0.3, 0.4) is 0 Å². The second-order valence-electron chi connectivity index (χ2n) is 4.67. The molecule has 1 N–H and O–H groups in total. The molecule has 0 aliphatic rings. The standard InChI is InChI=1S/C16H11Cl2N3OS2/c17-11-5-3-4-10(15(11)18)8-19-21-14(22)9-23-16-20-12-6-1-2-7-13(12)24-16/h1-8H,9H2,(H,21,22). The van der Waals surface area contributed by atoms with Gasteiger partial charge in [-0.1, -0.05) is 59.2 Å². The number of fused-ring (bicyclic) bond motifs is 1. The third-order valence-corrected chi connectivity index (χ3v) is 5.99. The summed E-state index contributed by atoms with van der Waals surface area (Å²) in [5, 5.41) is 4.75. The maximum atomic E-state index is 11.8. The van der Waals surface area contributed by atoms with Gasteiger partial charge in [-0.15, -0.1) is 11.3 Å². The Morgan fingerprint density at radius 1 is 1.25 bits per heavy atom. The number of thiazole rings is 1. The molecular weight excluding hydrogens is 385 g/mol. The first-order valence-corrected chi connectivity index (χ1v) is 9.43. The molecule has 0 bridgehead atoms. The van der Waals surface area contributed by atoms with Gasteiger partial charge in [-0.05, 0) is 18.2 Å². The van der Waals surface area contributed by atoms with Crippen molar-refractivity contribution in [2.45, 2.75) is 4.34 Å². The molecule has 2 aromatic carbocycles. The summed E-state index contributed by atoms with van der Waals surface area (Å²) in [6, 6.07) is 13.1. The monoisotopic (exact) mass is 395 g/mol. The lowest BCUT2D eigenvalue weighted by atomic mass is 10.2. The highest BCUT2D eigenvalue weighted by atomic mass is 35.5. The maximum Gasteiger partial charge on any atom is 0.250 e. The van der Waals surface area contributed by atoms with Gasteiger partial charge in [0.05, 0.1) is 32.2 Å². The zero-order valence-corrected chi connectivity index (χ0v) is 15.3. The highest BCUT2D eigenvalue weighted by molar-refractivity contribution is 8.01. The van der Waals surface area contributed by atoms with Crippen molar-refractivity contribution in [2.24, 2.45) is 5.10 Å². The van der Waals surface area contributed by atoms with Gasteiger partial charge in [0.15, 0.2) is 4.34 Å². The molecule has 0 saturated heterocycles. The van der Waals surface area contributed by atoms with Gasteiger partial charge >= 0.3 is 0 Å². The van der Waals surface area contributed by atoms with Gasteiger partial charge in [0.1, 0.15) is 0 Å². The van der Waals surface area contributed by atoms with Crippen LogP contribution in [0.1, 0.15) is 5.56 Å². The number of hydrogen-bond donors (Lipinski definition) is 1. The summed E-state index contributed by atoms with van der Waals surface area (Å²) in [5.74, 6) is 0.0223. The zero-order valence-electron chi connectivity index (χ0n) is 12.2. The molecule has 1 aromatic heterocycles. The van der Waals surface area contributed by atoms with Gasteiger partial charge in [0, 0.05) is 5.56 Å². The number of nitrogens with zero attached hydrogens (tertiary/aromatic N) is 2. The molecule has 0 fully saturated rings. The van der Waals surface area contributed by atoms with E-state index >= 15 is 0 Å². The third kappa shape index (κ3) is 4.27. The van der Waals surface area contributed by atoms with Crippen molar-refractivity contribution in [1.82, 2.24) is 10.4 Å². The number of aromatic nitrogens is 1. The number of hydrogen-bond acceptors (Lipinski definition) is 5. The summed E-state index contributed by atoms with van der Waals surface area (Å²) < 4.78 is 1.96. The average molecular weight is 396 g/mol. The van der Waals surface area contributed by atoms with E-state index < -0.39 is 0 Å². The van der Waals surface area contributed by atoms with E-state index in [2.05, 4.69) is 15.5 Å². The fourth-order valence-electron chi connectivity index (χ4n) is 1.87. The van der Waals surface area contributed by atoms with E-state index in [0.717, 1.165) is 14.6 Å². The van der Waals surface area contributed by atoms with Crippen LogP contribution in [0.5, 0.6) is 0 Å². The van der Waals surface area contributed by atoms with Crippen molar-refractivity contribution < 1.29 is 4.79 Å². The SMILES string of the molecule is O=C(CSc1nc2ccccc2s1)NN=Cc1cccc(Cl)c1Cl. The largest absolute Gasteiger partial charge is 0.272 e. The molecule has 1 amide bonds. The first-order chi connectivity index (χ1) is 11.6. The molecule has 0 spiro atoms. The Balaban J connectivity index is 1.54. The van der Waals surface area contributed by atoms with Crippen molar-refractivity contribution in [1.29, 1.82) is 0 Å². The van der Waals surface area contributed by atoms with Crippen LogP contribution < -0.4 is 5.43 Å². The molecule has 0 radical (unpaired) electrons. The van der Waals surface area contributed by atoms with Gasteiger partial charge < -0.3 is 0 Å². The second kappa shape index (κ2) is 7.98. The van der Waals surface area contributed by atoms with E-state index in [4.69, 9.17) is 23.2 Å². The number of rotatable bonds is 5. The second-order valence-corrected chi connectivity index (χ2v) is 7.71. The predicted molar refractivity (Wildman–Crippen MR) is 103 cm³/mol. The molecule has 0 atom stereocenters. The van der Waals surface area contributed by atoms with E-state index in [1.54, 1.807) is 29.5 Å². The van der Waals surface area contributed by atoms with Crippen LogP contribution in [0, 0.1) is 0 Å². The lowest BCUT2D eigenvalue weighted by Crippen LogP contribution is -2.19. The first-order valence-electron chi connectivity index (χ1n) is 6.88. The minimum Gasteiger partial charge on any atom is -0.272 e. The molecule has 0 unspecified atom stereocenters. The molecule has 0 aliphatic heterocycles. The number of thioether (sulfide) groups is 1. The van der Waals surface area contributed by atoms with Crippen LogP contribution in [0.25, 0.3) is 10.2 Å². The summed E-state index contributed by atoms with van der Waals surface area (Å²) in [6.07, 6.45) is 1.47. The molecule has 3 aromatic rings. The Morgan fingerprint density at radius 2 is 2.08 bits per heavy atom. The van der Waals surface area contributed by atoms with E-state index in [-0.39, 0.29) is 11.7 Å². The molecular formula is C16H11Cl2N3OS2. The summed E-state index contributed by atoms with van der Waals surface area (Å²) in [4.78, 5) is 16.3. The minimum atomic E-state index is -0.214. The number of para-hydroxylation sites is 1. The normalized spacial score (nSPS) is 11.2. The lowest BCUT2D eigenvalue weighted by molar-refractivity contribution is -0.118. The Bertz CT molecular complexity index is 878. The number of carbonyl (C=O) groups is 1. The molecule has 0 saturated carbocycles. The summed E-state index contributed by atoms with van der Waals surface area (Å²) in [6.45, 7) is 0. The molecule has 1 heterocycles. The first kappa shape index (κ1) is 17.2. The number of hydrazone groups is 1. The highest BCUT2D eigenvalue weighted by Crippen LogP contribution is 2.29. The molecule has 24 heavy (non-hydrogen) atoms. The molecule has 122 valence electrons. The molecule has 0 aliphatic carbocycles. The van der Waals surface area contributed by atoms with Crippen molar-refractivity contribution >= 4 is 68.6 Å². The number of nitrogens with one attached hydrogen (secondary N) is 1. The van der Waals surface area contributed by atoms with E-state index in [1.165, 1.54) is 18.0 Å². The highest BCUT2D eigenvalue weighted by Gasteiger charge is 2.07. The van der Waals surface area contributed by atoms with E-state index in [0.29, 0.717) is 15.6 Å². The summed E-state index contributed by atoms with van der Waals surface area (Å²) in [5.41, 5.74) is 4.05. The zero-order chi connectivity index (χ0) is 16.9. The Hall–Kier alpha value is -1.60. The fourth-order valence-corrected chi connectivity index (χ4v) is 4.08. The lowest BCUT2D eigenvalue weighted by Gasteiger charge is -2.00. The Labute approximate surface area is 156 Å². The van der Waals surface area contributed by atoms with Gasteiger partial charge in [0.25, 0.3) is 5.91 Å². The Morgan fingerprint density at radius 3 is 2.92 bits per heavy atom. The quantitative estimate of drug-likeness (QED) is 0.381. The van der Waals surface area contributed by atoms with Crippen LogP contribution in [-0.4, -0.2) is 22.9 Å². The van der Waals surface area contributed by atoms with Gasteiger partial charge in [-0.3, -0.25) is 4.79 Å². The number of benzene rings is 2. The van der Waals surface area contributed by atoms with Crippen LogP contribution >= 0.6 is 46.3 Å². The third-order valence-electron chi connectivity index (χ3n) is 2.98. The molecule has 3 rings (SSSR count). The predicted octanol–water partition coefficient (Wildman–Crippen LogP) is 4.85. The smallest absolute Gasteiger partial charge is 0.250 e. The maximum absolute atomic E-state index is 11.8. The number of amides is 1. The topological polar surface area (TPSA) is 54.4 Å². The van der Waals surface area contributed by atoms with Crippen molar-refractivity contribution in [2.75, 3.05) is 5.75 Å². The van der Waals surface area contributed by atoms with E-state index in [9.17, 15) is 4.79 Å². The fraction of sp³-hybridized carbons (Fsp3) is 0.0625. The van der Waals surface area contributed by atoms with Crippen LogP contribution in [0.4, 0.5) is 0 Å². The minimum absolute atomic E-state index is 0.214. The van der Waals surface area contributed by atoms with Crippen molar-refractivity contribution in [3.05, 3.63) is 58.1 Å². The van der Waals surface area contributed by atoms with Crippen LogP contribution in [-0.2, 0) is 4.79 Å². The van der Waals surface area contributed by atoms with Crippen LogP contribution in [0.15, 0.2) is 51.9 Å². The summed E-state index contributed by atoms with van der Waals surface area (Å²) in [7, 11) is 0. The number of halogens is 2.